The molecule has 0 spiro atoms. The molecule has 0 radical (unpaired) electrons. The molecule has 0 saturated heterocycles. The van der Waals surface area contributed by atoms with Crippen molar-refractivity contribution in [3.63, 3.8) is 0 Å². The van der Waals surface area contributed by atoms with Crippen LogP contribution >= 0.6 is 15.9 Å². The Morgan fingerprint density at radius 1 is 1.28 bits per heavy atom. The van der Waals surface area contributed by atoms with E-state index < -0.39 is 0 Å². The van der Waals surface area contributed by atoms with E-state index in [1.807, 2.05) is 0 Å². The minimum Gasteiger partial charge on any atom is -0.379 e. The lowest BCUT2D eigenvalue weighted by Crippen LogP contribution is -2.27. The van der Waals surface area contributed by atoms with E-state index in [-0.39, 0.29) is 5.60 Å². The van der Waals surface area contributed by atoms with Crippen LogP contribution in [0.2, 0.25) is 0 Å². The van der Waals surface area contributed by atoms with Crippen molar-refractivity contribution >= 4 is 15.9 Å². The van der Waals surface area contributed by atoms with E-state index in [4.69, 9.17) is 4.74 Å². The van der Waals surface area contributed by atoms with Gasteiger partial charge in [-0.3, -0.25) is 0 Å². The van der Waals surface area contributed by atoms with Crippen LogP contribution in [-0.2, 0) is 4.74 Å². The molecule has 0 aliphatic carbocycles. The maximum Gasteiger partial charge on any atom is 0.0623 e. The molecule has 0 bridgehead atoms. The van der Waals surface area contributed by atoms with Gasteiger partial charge in [-0.05, 0) is 50.9 Å². The first-order valence-electron chi connectivity index (χ1n) is 6.52. The van der Waals surface area contributed by atoms with Crippen LogP contribution in [0.5, 0.6) is 0 Å². The van der Waals surface area contributed by atoms with E-state index in [0.717, 1.165) is 23.9 Å². The van der Waals surface area contributed by atoms with E-state index in [1.54, 1.807) is 7.11 Å². The van der Waals surface area contributed by atoms with Gasteiger partial charge in [0.1, 0.15) is 0 Å². The fourth-order valence-electron chi connectivity index (χ4n) is 1.92. The highest BCUT2D eigenvalue weighted by Gasteiger charge is 2.19. The normalized spacial score (nSPS) is 13.6. The molecule has 0 saturated carbocycles. The number of nitrogens with one attached hydrogen (secondary N) is 1. The molecular formula is C15H24BrNO. The van der Waals surface area contributed by atoms with Crippen molar-refractivity contribution in [2.45, 2.75) is 45.3 Å². The molecular weight excluding hydrogens is 290 g/mol. The van der Waals surface area contributed by atoms with Gasteiger partial charge in [0, 0.05) is 17.6 Å². The summed E-state index contributed by atoms with van der Waals surface area (Å²) in [6.45, 7) is 7.40. The number of methoxy groups -OCH3 is 1. The van der Waals surface area contributed by atoms with Crippen molar-refractivity contribution < 1.29 is 4.74 Å². The molecule has 2 nitrogen and oxygen atoms in total. The second-order valence-electron chi connectivity index (χ2n) is 5.16. The molecule has 3 heteroatoms. The van der Waals surface area contributed by atoms with E-state index in [0.29, 0.717) is 6.04 Å². The summed E-state index contributed by atoms with van der Waals surface area (Å²) in [6.07, 6.45) is 2.12. The zero-order chi connectivity index (χ0) is 13.6. The third-order valence-corrected chi connectivity index (χ3v) is 3.84. The van der Waals surface area contributed by atoms with Gasteiger partial charge in [-0.1, -0.05) is 35.0 Å². The minimum atomic E-state index is -0.0525. The number of halogens is 1. The quantitative estimate of drug-likeness (QED) is 0.810. The summed E-state index contributed by atoms with van der Waals surface area (Å²) >= 11 is 3.48. The lowest BCUT2D eigenvalue weighted by Gasteiger charge is -2.26. The van der Waals surface area contributed by atoms with Gasteiger partial charge in [-0.25, -0.2) is 0 Å². The van der Waals surface area contributed by atoms with Crippen LogP contribution in [0.4, 0.5) is 0 Å². The van der Waals surface area contributed by atoms with Crippen molar-refractivity contribution in [1.82, 2.24) is 5.32 Å². The van der Waals surface area contributed by atoms with Crippen LogP contribution in [0.1, 0.15) is 45.2 Å². The van der Waals surface area contributed by atoms with Crippen molar-refractivity contribution in [3.05, 3.63) is 34.3 Å². The van der Waals surface area contributed by atoms with Gasteiger partial charge in [0.15, 0.2) is 0 Å². The van der Waals surface area contributed by atoms with Crippen molar-refractivity contribution in [1.29, 1.82) is 0 Å². The Bertz CT molecular complexity index is 348. The summed E-state index contributed by atoms with van der Waals surface area (Å²) in [7, 11) is 1.78. The third-order valence-electron chi connectivity index (χ3n) is 3.31. The lowest BCUT2D eigenvalue weighted by atomic mass is 9.95. The van der Waals surface area contributed by atoms with Crippen LogP contribution in [0.15, 0.2) is 28.7 Å². The zero-order valence-corrected chi connectivity index (χ0v) is 13.4. The smallest absolute Gasteiger partial charge is 0.0623 e. The first-order valence-corrected chi connectivity index (χ1v) is 7.32. The summed E-state index contributed by atoms with van der Waals surface area (Å²) in [5.41, 5.74) is 1.29. The Labute approximate surface area is 119 Å². The Morgan fingerprint density at radius 2 is 1.89 bits per heavy atom. The molecule has 1 N–H and O–H groups in total. The van der Waals surface area contributed by atoms with Gasteiger partial charge < -0.3 is 10.1 Å². The second-order valence-corrected chi connectivity index (χ2v) is 6.08. The van der Waals surface area contributed by atoms with Crippen LogP contribution in [0, 0.1) is 0 Å². The second kappa shape index (κ2) is 7.27. The molecule has 0 heterocycles. The van der Waals surface area contributed by atoms with E-state index in [2.05, 4.69) is 66.3 Å². The summed E-state index contributed by atoms with van der Waals surface area (Å²) < 4.78 is 6.61. The fraction of sp³-hybridized carbons (Fsp3) is 0.600. The Balaban J connectivity index is 2.68. The average molecular weight is 314 g/mol. The average Bonchev–Trinajstić information content (AvgIpc) is 2.36. The molecule has 102 valence electrons. The largest absolute Gasteiger partial charge is 0.379 e. The van der Waals surface area contributed by atoms with Crippen LogP contribution < -0.4 is 5.32 Å². The lowest BCUT2D eigenvalue weighted by molar-refractivity contribution is 0.0117. The molecule has 1 aromatic rings. The van der Waals surface area contributed by atoms with Crippen LogP contribution in [0.25, 0.3) is 0 Å². The highest BCUT2D eigenvalue weighted by atomic mass is 79.9. The van der Waals surface area contributed by atoms with Crippen LogP contribution in [0.3, 0.4) is 0 Å². The van der Waals surface area contributed by atoms with Crippen LogP contribution in [-0.4, -0.2) is 19.3 Å². The highest BCUT2D eigenvalue weighted by Crippen LogP contribution is 2.25. The monoisotopic (exact) mass is 313 g/mol. The SMILES string of the molecule is CCNC(CCC(C)(C)OC)c1ccc(Br)cc1. The molecule has 0 aromatic heterocycles. The Hall–Kier alpha value is -0.380. The molecule has 0 fully saturated rings. The molecule has 0 aliphatic rings. The number of ether oxygens (including phenoxy) is 1. The summed E-state index contributed by atoms with van der Waals surface area (Å²) in [5.74, 6) is 0. The molecule has 18 heavy (non-hydrogen) atoms. The van der Waals surface area contributed by atoms with Crippen molar-refractivity contribution in [3.8, 4) is 0 Å². The maximum atomic E-state index is 5.49. The first-order chi connectivity index (χ1) is 8.48. The number of hydrogen-bond acceptors (Lipinski definition) is 2. The molecule has 1 unspecified atom stereocenters. The third kappa shape index (κ3) is 5.09. The van der Waals surface area contributed by atoms with Crippen molar-refractivity contribution in [2.24, 2.45) is 0 Å². The predicted octanol–water partition coefficient (Wildman–Crippen LogP) is 4.30. The molecule has 1 atom stereocenters. The number of hydrogen-bond donors (Lipinski definition) is 1. The molecule has 1 aromatic carbocycles. The Morgan fingerprint density at radius 3 is 2.39 bits per heavy atom. The van der Waals surface area contributed by atoms with Gasteiger partial charge in [0.2, 0.25) is 0 Å². The highest BCUT2D eigenvalue weighted by molar-refractivity contribution is 9.10. The minimum absolute atomic E-state index is 0.0525. The summed E-state index contributed by atoms with van der Waals surface area (Å²) in [4.78, 5) is 0. The topological polar surface area (TPSA) is 21.3 Å². The standard InChI is InChI=1S/C15H24BrNO/c1-5-17-14(10-11-15(2,3)18-4)12-6-8-13(16)9-7-12/h6-9,14,17H,5,10-11H2,1-4H3. The molecule has 1 rings (SSSR count). The van der Waals surface area contributed by atoms with Crippen molar-refractivity contribution in [2.75, 3.05) is 13.7 Å². The maximum absolute atomic E-state index is 5.49. The van der Waals surface area contributed by atoms with Gasteiger partial charge in [0.05, 0.1) is 5.60 Å². The van der Waals surface area contributed by atoms with Gasteiger partial charge in [-0.15, -0.1) is 0 Å². The van der Waals surface area contributed by atoms with Gasteiger partial charge in [-0.2, -0.15) is 0 Å². The predicted molar refractivity (Wildman–Crippen MR) is 80.9 cm³/mol. The zero-order valence-electron chi connectivity index (χ0n) is 11.8. The fourth-order valence-corrected chi connectivity index (χ4v) is 2.19. The molecule has 0 aliphatic heterocycles. The molecule has 0 amide bonds. The first kappa shape index (κ1) is 15.7. The summed E-state index contributed by atoms with van der Waals surface area (Å²) in [5, 5.41) is 3.54. The van der Waals surface area contributed by atoms with Gasteiger partial charge in [0.25, 0.3) is 0 Å². The van der Waals surface area contributed by atoms with E-state index in [9.17, 15) is 0 Å². The Kier molecular flexibility index (Phi) is 6.33. The van der Waals surface area contributed by atoms with E-state index in [1.165, 1.54) is 5.56 Å². The number of rotatable bonds is 7. The summed E-state index contributed by atoms with van der Waals surface area (Å²) in [6, 6.07) is 8.95. The number of benzene rings is 1. The van der Waals surface area contributed by atoms with Gasteiger partial charge >= 0.3 is 0 Å². The van der Waals surface area contributed by atoms with E-state index >= 15 is 0 Å².